The highest BCUT2D eigenvalue weighted by molar-refractivity contribution is 5.87. The van der Waals surface area contributed by atoms with Gasteiger partial charge in [-0.3, -0.25) is 0 Å². The molecule has 6 atom stereocenters. The summed E-state index contributed by atoms with van der Waals surface area (Å²) in [5, 5.41) is 71.1. The molecule has 0 radical (unpaired) electrons. The van der Waals surface area contributed by atoms with Gasteiger partial charge >= 0.3 is 11.7 Å². The quantitative estimate of drug-likeness (QED) is 0.142. The summed E-state index contributed by atoms with van der Waals surface area (Å²) in [5.74, 6) is -0.910. The van der Waals surface area contributed by atoms with Gasteiger partial charge in [-0.15, -0.1) is 0 Å². The van der Waals surface area contributed by atoms with E-state index in [1.807, 2.05) is 0 Å². The molecule has 220 valence electrons. The Morgan fingerprint density at radius 2 is 1.55 bits per heavy atom. The Hall–Kier alpha value is -4.75. The second kappa shape index (κ2) is 12.0. The molecule has 0 aromatic heterocycles. The number of phenols is 2. The Labute approximate surface area is 239 Å². The molecule has 12 nitrogen and oxygen atoms in total. The fraction of sp³-hybridized carbons (Fsp3) is 0.233. The lowest BCUT2D eigenvalue weighted by molar-refractivity contribution is -0.291. The van der Waals surface area contributed by atoms with Crippen molar-refractivity contribution < 1.29 is 59.5 Å². The predicted octanol–water partition coefficient (Wildman–Crippen LogP) is 1.58. The minimum atomic E-state index is -1.73. The van der Waals surface area contributed by atoms with Gasteiger partial charge in [0.05, 0.1) is 17.2 Å². The first-order chi connectivity index (χ1) is 20.1. The number of esters is 1. The molecule has 0 bridgehead atoms. The van der Waals surface area contributed by atoms with E-state index >= 15 is 0 Å². The van der Waals surface area contributed by atoms with Crippen molar-refractivity contribution in [2.45, 2.75) is 36.8 Å². The summed E-state index contributed by atoms with van der Waals surface area (Å²) in [6.45, 7) is -0.492. The van der Waals surface area contributed by atoms with Crippen molar-refractivity contribution in [2.75, 3.05) is 6.61 Å². The lowest BCUT2D eigenvalue weighted by atomic mass is 9.97. The molecule has 3 aliphatic rings. The van der Waals surface area contributed by atoms with Crippen molar-refractivity contribution in [2.24, 2.45) is 0 Å². The van der Waals surface area contributed by atoms with E-state index in [9.17, 15) is 40.5 Å². The lowest BCUT2D eigenvalue weighted by Gasteiger charge is -2.40. The van der Waals surface area contributed by atoms with Crippen LogP contribution >= 0.6 is 0 Å². The number of carbonyl (C=O) groups is 1. The monoisotopic (exact) mass is 581 g/mol. The van der Waals surface area contributed by atoms with Crippen molar-refractivity contribution in [1.82, 2.24) is 0 Å². The summed E-state index contributed by atoms with van der Waals surface area (Å²) in [5.41, 5.74) is 1.39. The van der Waals surface area contributed by atoms with Crippen molar-refractivity contribution in [3.8, 4) is 11.5 Å². The SMILES string of the molecule is O=C(/C=C/c1ccc(O)cc1)OC[C@H]1O[C@@H](OC2=C(c3ccc(O)cc3)[OH+]C3C=C(O)C=C(O)C3=C2)[C@H](O)[C@@H](O)[C@@H]1O. The van der Waals surface area contributed by atoms with Gasteiger partial charge in [-0.1, -0.05) is 12.1 Å². The summed E-state index contributed by atoms with van der Waals surface area (Å²) in [6, 6.07) is 12.0. The Kier molecular flexibility index (Phi) is 8.22. The van der Waals surface area contributed by atoms with Crippen LogP contribution in [0.15, 0.2) is 95.7 Å². The first-order valence-electron chi connectivity index (χ1n) is 12.9. The summed E-state index contributed by atoms with van der Waals surface area (Å²) in [4.78, 5) is 12.3. The molecule has 0 saturated carbocycles. The predicted molar refractivity (Wildman–Crippen MR) is 146 cm³/mol. The van der Waals surface area contributed by atoms with Gasteiger partial charge in [0.25, 0.3) is 0 Å². The normalized spacial score (nSPS) is 27.4. The fourth-order valence-electron chi connectivity index (χ4n) is 4.52. The maximum absolute atomic E-state index is 12.3. The number of carbonyl (C=O) groups excluding carboxylic acids is 1. The molecule has 2 aromatic carbocycles. The van der Waals surface area contributed by atoms with Crippen LogP contribution in [0.3, 0.4) is 0 Å². The number of ether oxygens (including phenoxy) is 4. The highest BCUT2D eigenvalue weighted by Gasteiger charge is 2.47. The number of fused-ring (bicyclic) bond motifs is 1. The van der Waals surface area contributed by atoms with Crippen LogP contribution in [0.4, 0.5) is 0 Å². The minimum absolute atomic E-state index is 0.00286. The van der Waals surface area contributed by atoms with Crippen LogP contribution in [0.1, 0.15) is 11.1 Å². The molecule has 2 aliphatic heterocycles. The van der Waals surface area contributed by atoms with Crippen LogP contribution < -0.4 is 0 Å². The Morgan fingerprint density at radius 3 is 2.24 bits per heavy atom. The average molecular weight is 582 g/mol. The van der Waals surface area contributed by atoms with Gasteiger partial charge in [0.1, 0.15) is 54.0 Å². The van der Waals surface area contributed by atoms with Gasteiger partial charge in [0.15, 0.2) is 0 Å². The van der Waals surface area contributed by atoms with Crippen LogP contribution in [0.2, 0.25) is 0 Å². The first-order valence-corrected chi connectivity index (χ1v) is 12.9. The van der Waals surface area contributed by atoms with E-state index in [2.05, 4.69) is 4.74 Å². The number of aromatic hydroxyl groups is 2. The summed E-state index contributed by atoms with van der Waals surface area (Å²) in [6.07, 6.45) is -2.14. The third-order valence-corrected chi connectivity index (χ3v) is 6.76. The number of phenolic OH excluding ortho intramolecular Hbond substituents is 2. The van der Waals surface area contributed by atoms with Crippen LogP contribution in [-0.2, 0) is 19.0 Å². The molecule has 0 spiro atoms. The van der Waals surface area contributed by atoms with Gasteiger partial charge < -0.3 is 54.7 Å². The van der Waals surface area contributed by atoms with E-state index < -0.39 is 49.4 Å². The second-order valence-electron chi connectivity index (χ2n) is 9.74. The molecule has 2 heterocycles. The number of allylic oxidation sites excluding steroid dienone is 2. The number of aliphatic hydroxyl groups excluding tert-OH is 5. The maximum atomic E-state index is 12.3. The standard InChI is InChI=1S/C30H28O12/c31-17-6-1-15(2-7-17)3-10-25(35)39-14-24-26(36)27(37)28(38)30(42-24)41-23-13-20-21(34)11-19(33)12-22(20)40-29(23)16-4-8-18(32)9-5-16/h1-13,22,24,26-28,30-34,36-38H,14H2/p+1/b10-3+/t22?,24-,26-,27+,28-,30-/m1/s1. The van der Waals surface area contributed by atoms with Gasteiger partial charge in [-0.25, -0.2) is 4.79 Å². The minimum Gasteiger partial charge on any atom is -0.571 e. The molecular weight excluding hydrogens is 552 g/mol. The van der Waals surface area contributed by atoms with Crippen molar-refractivity contribution in [3.05, 3.63) is 107 Å². The first kappa shape index (κ1) is 28.8. The molecule has 2 aromatic rings. The molecule has 0 amide bonds. The van der Waals surface area contributed by atoms with Crippen molar-refractivity contribution >= 4 is 17.8 Å². The maximum Gasteiger partial charge on any atom is 0.330 e. The smallest absolute Gasteiger partial charge is 0.330 e. The fourth-order valence-corrected chi connectivity index (χ4v) is 4.52. The molecule has 42 heavy (non-hydrogen) atoms. The molecule has 1 unspecified atom stereocenters. The molecule has 12 heteroatoms. The molecule has 8 N–H and O–H groups in total. The third-order valence-electron chi connectivity index (χ3n) is 6.76. The van der Waals surface area contributed by atoms with E-state index in [1.54, 1.807) is 24.3 Å². The van der Waals surface area contributed by atoms with Crippen LogP contribution in [0.25, 0.3) is 11.8 Å². The van der Waals surface area contributed by atoms with E-state index in [-0.39, 0.29) is 40.1 Å². The molecule has 1 saturated heterocycles. The molecule has 1 fully saturated rings. The number of hydrogen-bond donors (Lipinski definition) is 7. The van der Waals surface area contributed by atoms with E-state index in [1.165, 1.54) is 42.5 Å². The summed E-state index contributed by atoms with van der Waals surface area (Å²) in [7, 11) is 0. The lowest BCUT2D eigenvalue weighted by Crippen LogP contribution is -2.59. The molecular formula is C30H29O12+. The van der Waals surface area contributed by atoms with Crippen molar-refractivity contribution in [3.63, 3.8) is 0 Å². The van der Waals surface area contributed by atoms with Gasteiger partial charge in [-0.2, -0.15) is 0 Å². The Bertz CT molecular complexity index is 1470. The van der Waals surface area contributed by atoms with Gasteiger partial charge in [0.2, 0.25) is 18.2 Å². The zero-order valence-electron chi connectivity index (χ0n) is 21.9. The molecule has 1 aliphatic carbocycles. The van der Waals surface area contributed by atoms with Gasteiger partial charge in [0, 0.05) is 18.2 Å². The average Bonchev–Trinajstić information content (AvgIpc) is 2.97. The van der Waals surface area contributed by atoms with Crippen LogP contribution in [0, 0.1) is 0 Å². The number of rotatable bonds is 7. The second-order valence-corrected chi connectivity index (χ2v) is 9.74. The third kappa shape index (κ3) is 6.26. The van der Waals surface area contributed by atoms with E-state index in [0.717, 1.165) is 12.2 Å². The highest BCUT2D eigenvalue weighted by atomic mass is 16.7. The molecule has 5 rings (SSSR count). The highest BCUT2D eigenvalue weighted by Crippen LogP contribution is 2.36. The van der Waals surface area contributed by atoms with Crippen molar-refractivity contribution in [1.29, 1.82) is 0 Å². The Balaban J connectivity index is 1.34. The topological polar surface area (TPSA) is 199 Å². The van der Waals surface area contributed by atoms with Crippen LogP contribution in [0.5, 0.6) is 11.5 Å². The number of benzene rings is 2. The Morgan fingerprint density at radius 1 is 0.881 bits per heavy atom. The van der Waals surface area contributed by atoms with E-state index in [0.29, 0.717) is 11.1 Å². The van der Waals surface area contributed by atoms with E-state index in [4.69, 9.17) is 14.2 Å². The van der Waals surface area contributed by atoms with Crippen LogP contribution in [-0.4, -0.2) is 89.9 Å². The summed E-state index contributed by atoms with van der Waals surface area (Å²) >= 11 is 0. The zero-order valence-corrected chi connectivity index (χ0v) is 21.9. The zero-order chi connectivity index (χ0) is 30.0. The number of hydrogen-bond acceptors (Lipinski definition) is 11. The number of aliphatic hydroxyl groups is 7. The summed E-state index contributed by atoms with van der Waals surface area (Å²) < 4.78 is 21.4. The van der Waals surface area contributed by atoms with Gasteiger partial charge in [-0.05, 0) is 48.0 Å². The largest absolute Gasteiger partial charge is 0.571 e.